The van der Waals surface area contributed by atoms with Crippen LogP contribution in [0.15, 0.2) is 70.7 Å². The van der Waals surface area contributed by atoms with Gasteiger partial charge in [0.15, 0.2) is 6.29 Å². The van der Waals surface area contributed by atoms with Crippen LogP contribution in [0.3, 0.4) is 0 Å². The Morgan fingerprint density at radius 3 is 2.50 bits per heavy atom. The molecule has 2 saturated heterocycles. The molecule has 30 heavy (non-hydrogen) atoms. The molecule has 4 rings (SSSR count). The van der Waals surface area contributed by atoms with Crippen molar-refractivity contribution in [2.45, 2.75) is 47.9 Å². The van der Waals surface area contributed by atoms with Crippen molar-refractivity contribution in [1.29, 1.82) is 0 Å². The van der Waals surface area contributed by atoms with E-state index in [9.17, 15) is 10.3 Å². The van der Waals surface area contributed by atoms with E-state index in [2.05, 4.69) is 10.0 Å². The molecule has 8 nitrogen and oxygen atoms in total. The molecule has 156 valence electrons. The van der Waals surface area contributed by atoms with Crippen molar-refractivity contribution in [1.82, 2.24) is 0 Å². The monoisotopic (exact) mass is 427 g/mol. The molecular weight excluding hydrogens is 406 g/mol. The molecule has 0 aromatic heterocycles. The zero-order chi connectivity index (χ0) is 20.9. The third-order valence-electron chi connectivity index (χ3n) is 4.86. The van der Waals surface area contributed by atoms with Gasteiger partial charge in [0.1, 0.15) is 29.8 Å². The van der Waals surface area contributed by atoms with Crippen LogP contribution in [0.1, 0.15) is 18.8 Å². The lowest BCUT2D eigenvalue weighted by molar-refractivity contribution is -0.298. The van der Waals surface area contributed by atoms with Gasteiger partial charge in [0.25, 0.3) is 0 Å². The van der Waals surface area contributed by atoms with Crippen molar-refractivity contribution in [3.8, 4) is 0 Å². The summed E-state index contributed by atoms with van der Waals surface area (Å²) in [5.74, 6) is -0.481. The number of hydrogen-bond donors (Lipinski definition) is 0. The molecule has 2 aliphatic heterocycles. The quantitative estimate of drug-likeness (QED) is 0.306. The highest BCUT2D eigenvalue weighted by molar-refractivity contribution is 7.99. The van der Waals surface area contributed by atoms with Crippen molar-refractivity contribution in [3.63, 3.8) is 0 Å². The molecule has 0 spiro atoms. The van der Waals surface area contributed by atoms with Crippen LogP contribution in [0.5, 0.6) is 0 Å². The van der Waals surface area contributed by atoms with Gasteiger partial charge in [0, 0.05) is 22.3 Å². The minimum absolute atomic E-state index is 0.264. The van der Waals surface area contributed by atoms with Crippen LogP contribution in [0.4, 0.5) is 0 Å². The molecule has 2 aromatic rings. The number of nitrogens with zero attached hydrogens (tertiary/aromatic N) is 3. The molecule has 0 amide bonds. The predicted octanol–water partition coefficient (Wildman–Crippen LogP) is 4.23. The summed E-state index contributed by atoms with van der Waals surface area (Å²) >= 11 is 1.40. The van der Waals surface area contributed by atoms with E-state index >= 15 is 0 Å². The largest absolute Gasteiger partial charge is 0.458 e. The summed E-state index contributed by atoms with van der Waals surface area (Å²) < 4.78 is 23.8. The maximum Gasteiger partial charge on any atom is 0.303 e. The molecule has 2 heterocycles. The molecular formula is C21H21N3O5S. The Labute approximate surface area is 178 Å². The fourth-order valence-corrected chi connectivity index (χ4v) is 4.71. The Hall–Kier alpha value is -2.55. The third kappa shape index (κ3) is 4.61. The average molecular weight is 427 g/mol. The number of azide groups is 1. The van der Waals surface area contributed by atoms with Crippen LogP contribution in [0, 0.1) is 0 Å². The smallest absolute Gasteiger partial charge is 0.303 e. The van der Waals surface area contributed by atoms with E-state index in [-0.39, 0.29) is 6.61 Å². The first-order chi connectivity index (χ1) is 14.7. The number of benzene rings is 2. The van der Waals surface area contributed by atoms with Crippen LogP contribution < -0.4 is 0 Å². The van der Waals surface area contributed by atoms with Gasteiger partial charge in [0.2, 0.25) is 0 Å². The highest BCUT2D eigenvalue weighted by atomic mass is 32.2. The summed E-state index contributed by atoms with van der Waals surface area (Å²) in [7, 11) is 0. The second kappa shape index (κ2) is 9.51. The third-order valence-corrected chi connectivity index (χ3v) is 6.02. The molecule has 9 heteroatoms. The second-order valence-corrected chi connectivity index (χ2v) is 8.09. The van der Waals surface area contributed by atoms with E-state index in [1.807, 2.05) is 60.7 Å². The molecule has 2 aromatic carbocycles. The maximum atomic E-state index is 11.8. The highest BCUT2D eigenvalue weighted by Gasteiger charge is 2.51. The van der Waals surface area contributed by atoms with Crippen molar-refractivity contribution in [3.05, 3.63) is 76.7 Å². The number of carbonyl (C=O) groups excluding carboxylic acids is 1. The van der Waals surface area contributed by atoms with E-state index in [0.717, 1.165) is 10.5 Å². The van der Waals surface area contributed by atoms with Crippen LogP contribution in [-0.2, 0) is 23.7 Å². The fourth-order valence-electron chi connectivity index (χ4n) is 3.58. The van der Waals surface area contributed by atoms with Crippen molar-refractivity contribution in [2.24, 2.45) is 5.11 Å². The first kappa shape index (κ1) is 20.7. The average Bonchev–Trinajstić information content (AvgIpc) is 2.77. The summed E-state index contributed by atoms with van der Waals surface area (Å²) in [4.78, 5) is 15.8. The number of ether oxygens (including phenoxy) is 4. The molecule has 6 atom stereocenters. The number of carbonyl (C=O) groups is 1. The minimum atomic E-state index is -0.806. The Morgan fingerprint density at radius 2 is 1.83 bits per heavy atom. The number of hydrogen-bond acceptors (Lipinski definition) is 7. The van der Waals surface area contributed by atoms with Crippen molar-refractivity contribution >= 4 is 17.7 Å². The standard InChI is InChI=1S/C21H21N3O5S/c1-13(25)27-19-17(23-24-22)18-16(28-21(19)30-15-10-6-3-7-11-15)12-26-20(29-18)14-8-4-2-5-9-14/h2-11,16-21H,12H2,1H3/t16-,17+,18+,19-,20?,21+/m1/s1. The molecule has 0 N–H and O–H groups in total. The van der Waals surface area contributed by atoms with Crippen LogP contribution >= 0.6 is 11.8 Å². The van der Waals surface area contributed by atoms with Crippen LogP contribution in [-0.4, -0.2) is 42.4 Å². The summed E-state index contributed by atoms with van der Waals surface area (Å²) in [6, 6.07) is 18.4. The van der Waals surface area contributed by atoms with Gasteiger partial charge in [-0.3, -0.25) is 4.79 Å². The van der Waals surface area contributed by atoms with Crippen molar-refractivity contribution < 1.29 is 23.7 Å². The van der Waals surface area contributed by atoms with Gasteiger partial charge in [-0.05, 0) is 17.7 Å². The topological polar surface area (TPSA) is 103 Å². The number of fused-ring (bicyclic) bond motifs is 1. The lowest BCUT2D eigenvalue weighted by Crippen LogP contribution is -2.61. The SMILES string of the molecule is CC(=O)O[C@@H]1[C@@H](N=[N+]=[N-])[C@H]2OC(c3ccccc3)OC[C@H]2O[C@H]1Sc1ccccc1. The minimum Gasteiger partial charge on any atom is -0.458 e. The lowest BCUT2D eigenvalue weighted by atomic mass is 9.96. The summed E-state index contributed by atoms with van der Waals surface area (Å²) in [6.45, 7) is 1.58. The van der Waals surface area contributed by atoms with E-state index in [0.29, 0.717) is 0 Å². The number of thioether (sulfide) groups is 1. The van der Waals surface area contributed by atoms with Gasteiger partial charge < -0.3 is 18.9 Å². The van der Waals surface area contributed by atoms with Gasteiger partial charge >= 0.3 is 5.97 Å². The zero-order valence-corrected chi connectivity index (χ0v) is 17.1. The Morgan fingerprint density at radius 1 is 1.13 bits per heavy atom. The van der Waals surface area contributed by atoms with Gasteiger partial charge in [-0.2, -0.15) is 0 Å². The molecule has 2 fully saturated rings. The molecule has 0 aliphatic carbocycles. The Bertz CT molecular complexity index is 909. The van der Waals surface area contributed by atoms with Gasteiger partial charge in [-0.25, -0.2) is 0 Å². The Balaban J connectivity index is 1.61. The first-order valence-electron chi connectivity index (χ1n) is 9.56. The molecule has 0 bridgehead atoms. The van der Waals surface area contributed by atoms with Gasteiger partial charge in [0.05, 0.1) is 6.61 Å². The highest BCUT2D eigenvalue weighted by Crippen LogP contribution is 2.41. The molecule has 1 unspecified atom stereocenters. The maximum absolute atomic E-state index is 11.8. The van der Waals surface area contributed by atoms with Gasteiger partial charge in [-0.1, -0.05) is 65.4 Å². The second-order valence-electron chi connectivity index (χ2n) is 6.92. The summed E-state index contributed by atoms with van der Waals surface area (Å²) in [5.41, 5.74) is 9.48. The predicted molar refractivity (Wildman–Crippen MR) is 109 cm³/mol. The van der Waals surface area contributed by atoms with Crippen molar-refractivity contribution in [2.75, 3.05) is 6.61 Å². The normalized spacial score (nSPS) is 30.6. The van der Waals surface area contributed by atoms with Crippen LogP contribution in [0.2, 0.25) is 0 Å². The molecule has 0 saturated carbocycles. The van der Waals surface area contributed by atoms with E-state index in [1.54, 1.807) is 0 Å². The fraction of sp³-hybridized carbons (Fsp3) is 0.381. The number of esters is 1. The van der Waals surface area contributed by atoms with E-state index in [1.165, 1.54) is 18.7 Å². The van der Waals surface area contributed by atoms with E-state index < -0.39 is 42.0 Å². The summed E-state index contributed by atoms with van der Waals surface area (Å²) in [6.07, 6.45) is -2.51. The molecule has 0 radical (unpaired) electrons. The Kier molecular flexibility index (Phi) is 6.56. The zero-order valence-electron chi connectivity index (χ0n) is 16.2. The van der Waals surface area contributed by atoms with Crippen LogP contribution in [0.25, 0.3) is 10.4 Å². The summed E-state index contributed by atoms with van der Waals surface area (Å²) in [5, 5.41) is 3.95. The molecule has 2 aliphatic rings. The van der Waals surface area contributed by atoms with Gasteiger partial charge in [-0.15, -0.1) is 0 Å². The number of rotatable bonds is 5. The lowest BCUT2D eigenvalue weighted by Gasteiger charge is -2.47. The van der Waals surface area contributed by atoms with E-state index in [4.69, 9.17) is 18.9 Å². The first-order valence-corrected chi connectivity index (χ1v) is 10.4.